The molecule has 0 fully saturated rings. The van der Waals surface area contributed by atoms with Crippen molar-refractivity contribution in [3.63, 3.8) is 0 Å². The van der Waals surface area contributed by atoms with E-state index in [1.165, 1.54) is 5.56 Å². The summed E-state index contributed by atoms with van der Waals surface area (Å²) >= 11 is 5.77. The Morgan fingerprint density at radius 3 is 2.64 bits per heavy atom. The molecule has 0 spiro atoms. The lowest BCUT2D eigenvalue weighted by Gasteiger charge is -2.15. The topological polar surface area (TPSA) is 30.5 Å². The molecule has 5 heteroatoms. The van der Waals surface area contributed by atoms with Crippen LogP contribution in [0.3, 0.4) is 0 Å². The Hall–Kier alpha value is -0.950. The van der Waals surface area contributed by atoms with Crippen LogP contribution in [0.15, 0.2) is 34.8 Å². The van der Waals surface area contributed by atoms with Crippen molar-refractivity contribution in [3.05, 3.63) is 49.5 Å². The quantitative estimate of drug-likeness (QED) is 0.569. The fourth-order valence-corrected chi connectivity index (χ4v) is 3.48. The van der Waals surface area contributed by atoms with Gasteiger partial charge in [-0.1, -0.05) is 15.9 Å². The van der Waals surface area contributed by atoms with Crippen LogP contribution in [0.1, 0.15) is 18.1 Å². The summed E-state index contributed by atoms with van der Waals surface area (Å²) in [6, 6.07) is 10.4. The maximum absolute atomic E-state index is 5.65. The van der Waals surface area contributed by atoms with Gasteiger partial charge < -0.3 is 14.8 Å². The molecule has 2 rings (SSSR count). The van der Waals surface area contributed by atoms with Gasteiger partial charge in [0.05, 0.1) is 17.3 Å². The number of rotatable bonds is 6. The van der Waals surface area contributed by atoms with E-state index >= 15 is 0 Å². The third-order valence-corrected chi connectivity index (χ3v) is 4.54. The van der Waals surface area contributed by atoms with E-state index in [1.54, 1.807) is 7.11 Å². The normalized spacial score (nSPS) is 10.4. The number of anilines is 1. The third-order valence-electron chi connectivity index (χ3n) is 3.25. The molecule has 22 heavy (non-hydrogen) atoms. The molecule has 0 saturated carbocycles. The van der Waals surface area contributed by atoms with E-state index in [0.29, 0.717) is 6.61 Å². The van der Waals surface area contributed by atoms with Crippen LogP contribution in [0.4, 0.5) is 5.69 Å². The minimum atomic E-state index is 0.627. The lowest BCUT2D eigenvalue weighted by atomic mass is 10.1. The standard InChI is InChI=1S/C17H19BrINO2/c1-4-22-17-14(19)8-12(9-16(17)21-3)10-20-15-6-5-13(18)7-11(15)2/h5-9,20H,4,10H2,1-3H3. The first-order chi connectivity index (χ1) is 10.5. The largest absolute Gasteiger partial charge is 0.493 e. The average molecular weight is 476 g/mol. The molecular weight excluding hydrogens is 457 g/mol. The Labute approximate surface area is 153 Å². The molecule has 0 unspecified atom stereocenters. The Morgan fingerprint density at radius 2 is 2.00 bits per heavy atom. The maximum Gasteiger partial charge on any atom is 0.174 e. The van der Waals surface area contributed by atoms with Crippen molar-refractivity contribution in [2.24, 2.45) is 0 Å². The van der Waals surface area contributed by atoms with Crippen LogP contribution in [0, 0.1) is 10.5 Å². The molecule has 0 heterocycles. The number of benzene rings is 2. The van der Waals surface area contributed by atoms with Crippen molar-refractivity contribution in [2.45, 2.75) is 20.4 Å². The summed E-state index contributed by atoms with van der Waals surface area (Å²) in [4.78, 5) is 0. The monoisotopic (exact) mass is 475 g/mol. The van der Waals surface area contributed by atoms with Crippen molar-refractivity contribution >= 4 is 44.2 Å². The van der Waals surface area contributed by atoms with Crippen LogP contribution in [-0.2, 0) is 6.54 Å². The molecule has 0 aliphatic carbocycles. The number of halogens is 2. The van der Waals surface area contributed by atoms with Gasteiger partial charge in [0.1, 0.15) is 0 Å². The molecule has 1 N–H and O–H groups in total. The molecule has 0 aliphatic heterocycles. The summed E-state index contributed by atoms with van der Waals surface area (Å²) in [5, 5.41) is 3.47. The first kappa shape index (κ1) is 17.4. The number of hydrogen-bond acceptors (Lipinski definition) is 3. The Balaban J connectivity index is 2.17. The highest BCUT2D eigenvalue weighted by Gasteiger charge is 2.11. The summed E-state index contributed by atoms with van der Waals surface area (Å²) < 4.78 is 13.2. The van der Waals surface area contributed by atoms with E-state index in [9.17, 15) is 0 Å². The molecule has 0 aromatic heterocycles. The first-order valence-electron chi connectivity index (χ1n) is 7.04. The van der Waals surface area contributed by atoms with Crippen molar-refractivity contribution in [3.8, 4) is 11.5 Å². The van der Waals surface area contributed by atoms with E-state index in [2.05, 4.69) is 69.0 Å². The van der Waals surface area contributed by atoms with Gasteiger partial charge in [-0.3, -0.25) is 0 Å². The summed E-state index contributed by atoms with van der Waals surface area (Å²) in [7, 11) is 1.67. The minimum Gasteiger partial charge on any atom is -0.493 e. The Bertz CT molecular complexity index is 661. The fraction of sp³-hybridized carbons (Fsp3) is 0.294. The lowest BCUT2D eigenvalue weighted by Crippen LogP contribution is -2.04. The molecule has 0 amide bonds. The smallest absolute Gasteiger partial charge is 0.174 e. The fourth-order valence-electron chi connectivity index (χ4n) is 2.18. The van der Waals surface area contributed by atoms with Crippen molar-refractivity contribution < 1.29 is 9.47 Å². The molecule has 2 aromatic rings. The van der Waals surface area contributed by atoms with Crippen LogP contribution in [0.25, 0.3) is 0 Å². The molecule has 0 saturated heterocycles. The van der Waals surface area contributed by atoms with Gasteiger partial charge in [0.15, 0.2) is 11.5 Å². The van der Waals surface area contributed by atoms with Crippen molar-refractivity contribution in [1.29, 1.82) is 0 Å². The third kappa shape index (κ3) is 4.29. The van der Waals surface area contributed by atoms with Gasteiger partial charge in [-0.05, 0) is 77.9 Å². The predicted molar refractivity (Wildman–Crippen MR) is 103 cm³/mol. The minimum absolute atomic E-state index is 0.627. The lowest BCUT2D eigenvalue weighted by molar-refractivity contribution is 0.308. The van der Waals surface area contributed by atoms with Crippen molar-refractivity contribution in [2.75, 3.05) is 19.0 Å². The van der Waals surface area contributed by atoms with E-state index in [1.807, 2.05) is 19.1 Å². The van der Waals surface area contributed by atoms with Crippen LogP contribution in [0.2, 0.25) is 0 Å². The van der Waals surface area contributed by atoms with Gasteiger partial charge in [-0.15, -0.1) is 0 Å². The second-order valence-corrected chi connectivity index (χ2v) is 6.93. The van der Waals surface area contributed by atoms with E-state index in [-0.39, 0.29) is 0 Å². The van der Waals surface area contributed by atoms with Crippen LogP contribution in [-0.4, -0.2) is 13.7 Å². The summed E-state index contributed by atoms with van der Waals surface area (Å²) in [5.41, 5.74) is 3.50. The first-order valence-corrected chi connectivity index (χ1v) is 8.91. The second kappa shape index (κ2) is 8.06. The van der Waals surface area contributed by atoms with Gasteiger partial charge >= 0.3 is 0 Å². The zero-order valence-electron chi connectivity index (χ0n) is 12.9. The zero-order valence-corrected chi connectivity index (χ0v) is 16.6. The SMILES string of the molecule is CCOc1c(I)cc(CNc2ccc(Br)cc2C)cc1OC. The number of methoxy groups -OCH3 is 1. The highest BCUT2D eigenvalue weighted by Crippen LogP contribution is 2.34. The van der Waals surface area contributed by atoms with Crippen LogP contribution >= 0.6 is 38.5 Å². The summed E-state index contributed by atoms with van der Waals surface area (Å²) in [6.07, 6.45) is 0. The zero-order chi connectivity index (χ0) is 16.1. The van der Waals surface area contributed by atoms with Crippen molar-refractivity contribution in [1.82, 2.24) is 0 Å². The van der Waals surface area contributed by atoms with Crippen LogP contribution < -0.4 is 14.8 Å². The van der Waals surface area contributed by atoms with Gasteiger partial charge in [0.25, 0.3) is 0 Å². The average Bonchev–Trinajstić information content (AvgIpc) is 2.48. The highest BCUT2D eigenvalue weighted by atomic mass is 127. The predicted octanol–water partition coefficient (Wildman–Crippen LogP) is 5.38. The number of nitrogens with one attached hydrogen (secondary N) is 1. The molecule has 118 valence electrons. The molecule has 0 bridgehead atoms. The Kier molecular flexibility index (Phi) is 6.37. The van der Waals surface area contributed by atoms with Gasteiger partial charge in [0, 0.05) is 16.7 Å². The van der Waals surface area contributed by atoms with Gasteiger partial charge in [-0.2, -0.15) is 0 Å². The molecule has 3 nitrogen and oxygen atoms in total. The number of ether oxygens (including phenoxy) is 2. The van der Waals surface area contributed by atoms with Gasteiger partial charge in [0.2, 0.25) is 0 Å². The molecular formula is C17H19BrINO2. The number of hydrogen-bond donors (Lipinski definition) is 1. The number of aryl methyl sites for hydroxylation is 1. The Morgan fingerprint density at radius 1 is 1.23 bits per heavy atom. The molecule has 0 aliphatic rings. The summed E-state index contributed by atoms with van der Waals surface area (Å²) in [6.45, 7) is 5.43. The van der Waals surface area contributed by atoms with Crippen LogP contribution in [0.5, 0.6) is 11.5 Å². The highest BCUT2D eigenvalue weighted by molar-refractivity contribution is 14.1. The summed E-state index contributed by atoms with van der Waals surface area (Å²) in [5.74, 6) is 1.59. The van der Waals surface area contributed by atoms with Gasteiger partial charge in [-0.25, -0.2) is 0 Å². The molecule has 0 radical (unpaired) electrons. The maximum atomic E-state index is 5.65. The van der Waals surface area contributed by atoms with E-state index in [0.717, 1.165) is 37.3 Å². The second-order valence-electron chi connectivity index (χ2n) is 4.85. The van der Waals surface area contributed by atoms with E-state index in [4.69, 9.17) is 9.47 Å². The molecule has 0 atom stereocenters. The molecule has 2 aromatic carbocycles. The van der Waals surface area contributed by atoms with E-state index < -0.39 is 0 Å².